The molecule has 0 radical (unpaired) electrons. The van der Waals surface area contributed by atoms with Gasteiger partial charge in [-0.25, -0.2) is 0 Å². The van der Waals surface area contributed by atoms with Crippen molar-refractivity contribution in [3.05, 3.63) is 0 Å². The van der Waals surface area contributed by atoms with Crippen molar-refractivity contribution in [1.82, 2.24) is 5.32 Å². The molecule has 0 bridgehead atoms. The summed E-state index contributed by atoms with van der Waals surface area (Å²) in [4.78, 5) is 22.2. The number of unbranched alkanes of at least 4 members (excludes halogenated alkanes) is 27. The number of ketones is 1. The van der Waals surface area contributed by atoms with E-state index < -0.39 is 0 Å². The predicted octanol–water partition coefficient (Wildman–Crippen LogP) is 16.2. The summed E-state index contributed by atoms with van der Waals surface area (Å²) in [5, 5.41) is 2.82. The van der Waals surface area contributed by atoms with E-state index in [9.17, 15) is 9.59 Å². The fourth-order valence-electron chi connectivity index (χ4n) is 6.70. The largest absolute Gasteiger partial charge is 0.381 e. The van der Waals surface area contributed by atoms with E-state index >= 15 is 0 Å². The SMILES string of the molecule is CCCCCCCCCCCCCCCCCC.CCCCCCCCCCCCCCOCCCC.COC(C)(C)CCOC(C)CCCNC(=O)CCC(C)=O. The van der Waals surface area contributed by atoms with E-state index in [0.717, 1.165) is 32.5 Å². The summed E-state index contributed by atoms with van der Waals surface area (Å²) in [6.45, 7) is 20.0. The van der Waals surface area contributed by atoms with Crippen molar-refractivity contribution in [2.24, 2.45) is 0 Å². The molecule has 0 aromatic heterocycles. The number of amides is 1. The van der Waals surface area contributed by atoms with Gasteiger partial charge in [-0.05, 0) is 59.8 Å². The highest BCUT2D eigenvalue weighted by Crippen LogP contribution is 2.16. The van der Waals surface area contributed by atoms with Crippen molar-refractivity contribution in [3.63, 3.8) is 0 Å². The lowest BCUT2D eigenvalue weighted by molar-refractivity contribution is -0.124. The zero-order valence-corrected chi connectivity index (χ0v) is 41.2. The van der Waals surface area contributed by atoms with Gasteiger partial charge in [0.1, 0.15) is 5.78 Å². The Bertz CT molecular complexity index is 756. The van der Waals surface area contributed by atoms with E-state index in [0.29, 0.717) is 19.6 Å². The van der Waals surface area contributed by atoms with Crippen LogP contribution < -0.4 is 5.32 Å². The topological polar surface area (TPSA) is 73.9 Å². The molecule has 0 aromatic carbocycles. The molecule has 0 rings (SSSR count). The molecule has 0 heterocycles. The average Bonchev–Trinajstić information content (AvgIpc) is 3.20. The fourth-order valence-corrected chi connectivity index (χ4v) is 6.70. The van der Waals surface area contributed by atoms with Crippen LogP contribution in [0, 0.1) is 0 Å². The molecule has 0 spiro atoms. The van der Waals surface area contributed by atoms with Gasteiger partial charge in [-0.1, -0.05) is 207 Å². The van der Waals surface area contributed by atoms with E-state index in [-0.39, 0.29) is 29.8 Å². The number of hydrogen-bond donors (Lipinski definition) is 1. The van der Waals surface area contributed by atoms with Gasteiger partial charge >= 0.3 is 0 Å². The average molecular weight is 826 g/mol. The first kappa shape index (κ1) is 61.3. The third-order valence-corrected chi connectivity index (χ3v) is 11.2. The van der Waals surface area contributed by atoms with Gasteiger partial charge in [0.15, 0.2) is 0 Å². The first-order valence-electron chi connectivity index (χ1n) is 25.6. The van der Waals surface area contributed by atoms with Crippen molar-refractivity contribution in [2.45, 2.75) is 292 Å². The van der Waals surface area contributed by atoms with Crippen LogP contribution in [0.25, 0.3) is 0 Å². The van der Waals surface area contributed by atoms with Gasteiger partial charge in [-0.15, -0.1) is 0 Å². The van der Waals surface area contributed by atoms with Gasteiger partial charge in [0.25, 0.3) is 0 Å². The molecule has 0 aliphatic carbocycles. The van der Waals surface area contributed by atoms with Crippen LogP contribution in [-0.2, 0) is 23.8 Å². The smallest absolute Gasteiger partial charge is 0.220 e. The summed E-state index contributed by atoms with van der Waals surface area (Å²) in [6, 6.07) is 0. The highest BCUT2D eigenvalue weighted by atomic mass is 16.5. The second-order valence-corrected chi connectivity index (χ2v) is 17.9. The van der Waals surface area contributed by atoms with Gasteiger partial charge in [0.05, 0.1) is 11.7 Å². The molecular formula is C52H107NO5. The zero-order chi connectivity index (χ0) is 43.6. The van der Waals surface area contributed by atoms with Gasteiger partial charge in [-0.3, -0.25) is 4.79 Å². The van der Waals surface area contributed by atoms with Crippen molar-refractivity contribution in [2.75, 3.05) is 33.5 Å². The molecule has 0 aromatic rings. The molecule has 6 nitrogen and oxygen atoms in total. The van der Waals surface area contributed by atoms with Gasteiger partial charge in [0, 0.05) is 46.3 Å². The molecular weight excluding hydrogens is 719 g/mol. The van der Waals surface area contributed by atoms with Crippen LogP contribution in [0.2, 0.25) is 0 Å². The zero-order valence-electron chi connectivity index (χ0n) is 41.2. The first-order chi connectivity index (χ1) is 28.1. The van der Waals surface area contributed by atoms with Gasteiger partial charge in [-0.2, -0.15) is 0 Å². The number of carbonyl (C=O) groups is 2. The van der Waals surface area contributed by atoms with E-state index in [1.54, 1.807) is 7.11 Å². The van der Waals surface area contributed by atoms with Crippen molar-refractivity contribution < 1.29 is 23.8 Å². The quantitative estimate of drug-likeness (QED) is 0.0620. The molecule has 6 heteroatoms. The summed E-state index contributed by atoms with van der Waals surface area (Å²) in [5.41, 5.74) is -0.148. The van der Waals surface area contributed by atoms with Crippen LogP contribution in [-0.4, -0.2) is 56.9 Å². The summed E-state index contributed by atoms with van der Waals surface area (Å²) in [7, 11) is 1.71. The fraction of sp³-hybridized carbons (Fsp3) is 0.962. The van der Waals surface area contributed by atoms with Crippen LogP contribution >= 0.6 is 0 Å². The maximum Gasteiger partial charge on any atom is 0.220 e. The minimum atomic E-state index is -0.148. The number of Topliss-reactive ketones (excluding diaryl/α,β-unsaturated/α-hetero) is 1. The summed E-state index contributed by atoms with van der Waals surface area (Å²) in [6.07, 6.45) is 46.3. The van der Waals surface area contributed by atoms with Crippen molar-refractivity contribution >= 4 is 11.7 Å². The Morgan fingerprint density at radius 2 is 0.862 bits per heavy atom. The molecule has 1 amide bonds. The molecule has 0 aliphatic heterocycles. The molecule has 0 saturated heterocycles. The number of methoxy groups -OCH3 is 1. The third-order valence-electron chi connectivity index (χ3n) is 11.2. The van der Waals surface area contributed by atoms with E-state index in [1.807, 2.05) is 20.8 Å². The number of carbonyl (C=O) groups excluding carboxylic acids is 2. The van der Waals surface area contributed by atoms with Crippen LogP contribution in [0.15, 0.2) is 0 Å². The van der Waals surface area contributed by atoms with Crippen LogP contribution in [0.1, 0.15) is 280 Å². The lowest BCUT2D eigenvalue weighted by Crippen LogP contribution is -2.27. The third kappa shape index (κ3) is 59.3. The van der Waals surface area contributed by atoms with Gasteiger partial charge in [0.2, 0.25) is 5.91 Å². The lowest BCUT2D eigenvalue weighted by atomic mass is 10.0. The Morgan fingerprint density at radius 1 is 0.500 bits per heavy atom. The number of hydrogen-bond acceptors (Lipinski definition) is 5. The standard InChI is InChI=1S/C18H38O.C18H38.C16H31NO4/c1-3-5-7-8-9-10-11-12-13-14-15-16-18-19-17-6-4-2;1-3-5-7-9-11-13-15-17-18-16-14-12-10-8-6-4-2;1-13(18)8-9-15(19)17-11-6-7-14(2)21-12-10-16(3,4)20-5/h3-18H2,1-2H3;3-18H2,1-2H3;14H,6-12H2,1-5H3,(H,17,19). The lowest BCUT2D eigenvalue weighted by Gasteiger charge is -2.23. The summed E-state index contributed by atoms with van der Waals surface area (Å²) >= 11 is 0. The minimum Gasteiger partial charge on any atom is -0.381 e. The molecule has 0 saturated carbocycles. The Hall–Kier alpha value is -0.980. The van der Waals surface area contributed by atoms with Crippen LogP contribution in [0.5, 0.6) is 0 Å². The van der Waals surface area contributed by atoms with E-state index in [2.05, 4.69) is 33.0 Å². The van der Waals surface area contributed by atoms with Crippen molar-refractivity contribution in [1.29, 1.82) is 0 Å². The van der Waals surface area contributed by atoms with Gasteiger partial charge < -0.3 is 24.3 Å². The second kappa shape index (κ2) is 52.2. The number of nitrogens with one attached hydrogen (secondary N) is 1. The van der Waals surface area contributed by atoms with Crippen LogP contribution in [0.3, 0.4) is 0 Å². The summed E-state index contributed by atoms with van der Waals surface area (Å²) < 4.78 is 16.6. The monoisotopic (exact) mass is 826 g/mol. The Balaban J connectivity index is -0.000000785. The second-order valence-electron chi connectivity index (χ2n) is 17.9. The van der Waals surface area contributed by atoms with E-state index in [1.165, 1.54) is 200 Å². The summed E-state index contributed by atoms with van der Waals surface area (Å²) in [5.74, 6) is -0.00762. The number of rotatable bonds is 43. The Labute approximate surface area is 365 Å². The Kier molecular flexibility index (Phi) is 55.1. The molecule has 0 fully saturated rings. The normalized spacial score (nSPS) is 11.7. The first-order valence-corrected chi connectivity index (χ1v) is 25.6. The molecule has 1 unspecified atom stereocenters. The number of ether oxygens (including phenoxy) is 3. The molecule has 350 valence electrons. The van der Waals surface area contributed by atoms with Crippen LogP contribution in [0.4, 0.5) is 0 Å². The maximum absolute atomic E-state index is 11.4. The van der Waals surface area contributed by atoms with E-state index in [4.69, 9.17) is 14.2 Å². The maximum atomic E-state index is 11.4. The predicted molar refractivity (Wildman–Crippen MR) is 255 cm³/mol. The minimum absolute atomic E-state index is 0.0474. The molecule has 58 heavy (non-hydrogen) atoms. The highest BCUT2D eigenvalue weighted by Gasteiger charge is 2.16. The molecule has 1 N–H and O–H groups in total. The Morgan fingerprint density at radius 3 is 1.22 bits per heavy atom. The highest BCUT2D eigenvalue weighted by molar-refractivity contribution is 5.83. The van der Waals surface area contributed by atoms with Crippen molar-refractivity contribution in [3.8, 4) is 0 Å². The molecule has 1 atom stereocenters. The molecule has 0 aliphatic rings.